The lowest BCUT2D eigenvalue weighted by atomic mass is 10.1. The Morgan fingerprint density at radius 1 is 1.43 bits per heavy atom. The first-order valence-corrected chi connectivity index (χ1v) is 6.33. The van der Waals surface area contributed by atoms with E-state index in [0.29, 0.717) is 11.0 Å². The van der Waals surface area contributed by atoms with E-state index in [9.17, 15) is 9.59 Å². The summed E-state index contributed by atoms with van der Waals surface area (Å²) < 4.78 is 10.5. The van der Waals surface area contributed by atoms with Gasteiger partial charge in [-0.05, 0) is 12.1 Å². The number of ether oxygens (including phenoxy) is 1. The van der Waals surface area contributed by atoms with Crippen molar-refractivity contribution in [3.63, 3.8) is 0 Å². The molecule has 0 aliphatic heterocycles. The van der Waals surface area contributed by atoms with E-state index in [1.54, 1.807) is 12.1 Å². The van der Waals surface area contributed by atoms with Crippen LogP contribution in [0.4, 0.5) is 5.69 Å². The molecule has 1 aromatic heterocycles. The minimum atomic E-state index is -0.590. The molecule has 0 radical (unpaired) electrons. The number of nitrogens with zero attached hydrogens (tertiary/aromatic N) is 1. The highest BCUT2D eigenvalue weighted by molar-refractivity contribution is 5.89. The van der Waals surface area contributed by atoms with E-state index in [0.717, 1.165) is 5.69 Å². The van der Waals surface area contributed by atoms with Crippen LogP contribution in [-0.4, -0.2) is 20.1 Å². The Balaban J connectivity index is 2.78. The van der Waals surface area contributed by atoms with E-state index < -0.39 is 11.6 Å². The highest BCUT2D eigenvalue weighted by Gasteiger charge is 2.17. The maximum Gasteiger partial charge on any atom is 0.344 e. The molecular formula is C16H15NO4. The predicted octanol–water partition coefficient (Wildman–Crippen LogP) is 1.96. The van der Waals surface area contributed by atoms with Gasteiger partial charge in [0.15, 0.2) is 5.75 Å². The number of esters is 1. The molecule has 5 heteroatoms. The summed E-state index contributed by atoms with van der Waals surface area (Å²) in [4.78, 5) is 25.2. The first-order valence-electron chi connectivity index (χ1n) is 6.33. The molecule has 0 spiro atoms. The Bertz CT molecular complexity index is 796. The average molecular weight is 285 g/mol. The van der Waals surface area contributed by atoms with Crippen molar-refractivity contribution in [1.82, 2.24) is 0 Å². The number of hydrogen-bond acceptors (Lipinski definition) is 5. The van der Waals surface area contributed by atoms with Crippen molar-refractivity contribution in [3.8, 4) is 18.1 Å². The molecule has 0 saturated heterocycles. The zero-order valence-electron chi connectivity index (χ0n) is 12.1. The lowest BCUT2D eigenvalue weighted by Gasteiger charge is -2.14. The number of benzene rings is 1. The quantitative estimate of drug-likeness (QED) is 0.490. The number of rotatable bonds is 3. The summed E-state index contributed by atoms with van der Waals surface area (Å²) in [5.74, 6) is 2.03. The Kier molecular flexibility index (Phi) is 3.99. The van der Waals surface area contributed by atoms with Crippen LogP contribution in [0.15, 0.2) is 27.4 Å². The average Bonchev–Trinajstić information content (AvgIpc) is 2.41. The van der Waals surface area contributed by atoms with Crippen LogP contribution in [0.1, 0.15) is 12.5 Å². The van der Waals surface area contributed by atoms with Crippen molar-refractivity contribution >= 4 is 22.6 Å². The van der Waals surface area contributed by atoms with Crippen LogP contribution in [0.3, 0.4) is 0 Å². The van der Waals surface area contributed by atoms with Gasteiger partial charge in [0.2, 0.25) is 0 Å². The molecule has 1 heterocycles. The summed E-state index contributed by atoms with van der Waals surface area (Å²) in [5, 5.41) is 0.542. The second-order valence-electron chi connectivity index (χ2n) is 4.75. The first-order chi connectivity index (χ1) is 9.93. The smallest absolute Gasteiger partial charge is 0.344 e. The second-order valence-corrected chi connectivity index (χ2v) is 4.75. The molecule has 0 amide bonds. The molecule has 0 saturated carbocycles. The molecule has 5 nitrogen and oxygen atoms in total. The van der Waals surface area contributed by atoms with E-state index in [-0.39, 0.29) is 17.7 Å². The number of anilines is 1. The van der Waals surface area contributed by atoms with E-state index in [2.05, 4.69) is 5.92 Å². The van der Waals surface area contributed by atoms with Gasteiger partial charge < -0.3 is 14.1 Å². The van der Waals surface area contributed by atoms with Crippen LogP contribution in [0.2, 0.25) is 0 Å². The van der Waals surface area contributed by atoms with E-state index in [1.807, 2.05) is 25.1 Å². The van der Waals surface area contributed by atoms with E-state index >= 15 is 0 Å². The Labute approximate surface area is 122 Å². The van der Waals surface area contributed by atoms with Crippen molar-refractivity contribution in [2.75, 3.05) is 19.0 Å². The van der Waals surface area contributed by atoms with Gasteiger partial charge in [-0.1, -0.05) is 0 Å². The van der Waals surface area contributed by atoms with Crippen LogP contribution >= 0.6 is 0 Å². The van der Waals surface area contributed by atoms with Gasteiger partial charge in [0.25, 0.3) is 0 Å². The van der Waals surface area contributed by atoms with Crippen molar-refractivity contribution in [2.24, 2.45) is 0 Å². The number of carbonyl (C=O) groups is 1. The standard InChI is InChI=1S/C16H15NO4/c1-5-6-13-15(20-10(2)18)12-8-7-11(17(3)4)9-14(12)21-16(13)19/h1,7-9H,6H2,2-4H3. The largest absolute Gasteiger partial charge is 0.425 e. The molecule has 2 rings (SSSR count). The Morgan fingerprint density at radius 3 is 2.71 bits per heavy atom. The summed E-state index contributed by atoms with van der Waals surface area (Å²) >= 11 is 0. The van der Waals surface area contributed by atoms with Gasteiger partial charge in [-0.25, -0.2) is 4.79 Å². The minimum Gasteiger partial charge on any atom is -0.425 e. The van der Waals surface area contributed by atoms with Crippen LogP contribution in [0.25, 0.3) is 11.0 Å². The Morgan fingerprint density at radius 2 is 2.14 bits per heavy atom. The third-order valence-electron chi connectivity index (χ3n) is 2.97. The van der Waals surface area contributed by atoms with Crippen LogP contribution in [-0.2, 0) is 11.2 Å². The normalized spacial score (nSPS) is 10.2. The number of terminal acetylenes is 1. The molecule has 0 unspecified atom stereocenters. The Hall–Kier alpha value is -2.74. The lowest BCUT2D eigenvalue weighted by Crippen LogP contribution is -2.14. The second kappa shape index (κ2) is 5.71. The molecule has 108 valence electrons. The van der Waals surface area contributed by atoms with Gasteiger partial charge in [-0.3, -0.25) is 4.79 Å². The van der Waals surface area contributed by atoms with Crippen molar-refractivity contribution in [3.05, 3.63) is 34.2 Å². The summed E-state index contributed by atoms with van der Waals surface area (Å²) in [5.41, 5.74) is 0.803. The molecule has 2 aromatic rings. The van der Waals surface area contributed by atoms with Gasteiger partial charge in [0, 0.05) is 39.2 Å². The zero-order valence-corrected chi connectivity index (χ0v) is 12.1. The third-order valence-corrected chi connectivity index (χ3v) is 2.97. The topological polar surface area (TPSA) is 59.8 Å². The SMILES string of the molecule is C#CCc1c(OC(C)=O)c2ccc(N(C)C)cc2oc1=O. The molecule has 0 bridgehead atoms. The van der Waals surface area contributed by atoms with Crippen molar-refractivity contribution in [2.45, 2.75) is 13.3 Å². The van der Waals surface area contributed by atoms with E-state index in [1.165, 1.54) is 6.92 Å². The molecule has 0 atom stereocenters. The minimum absolute atomic E-state index is 0.0380. The van der Waals surface area contributed by atoms with Crippen LogP contribution < -0.4 is 15.3 Å². The van der Waals surface area contributed by atoms with Crippen molar-refractivity contribution in [1.29, 1.82) is 0 Å². The molecule has 0 aliphatic carbocycles. The molecule has 21 heavy (non-hydrogen) atoms. The number of carbonyl (C=O) groups excluding carboxylic acids is 1. The predicted molar refractivity (Wildman–Crippen MR) is 80.7 cm³/mol. The monoisotopic (exact) mass is 285 g/mol. The van der Waals surface area contributed by atoms with Crippen LogP contribution in [0, 0.1) is 12.3 Å². The van der Waals surface area contributed by atoms with E-state index in [4.69, 9.17) is 15.6 Å². The maximum absolute atomic E-state index is 12.0. The fourth-order valence-electron chi connectivity index (χ4n) is 1.99. The molecule has 1 aromatic carbocycles. The fourth-order valence-corrected chi connectivity index (χ4v) is 1.99. The highest BCUT2D eigenvalue weighted by Crippen LogP contribution is 2.30. The number of fused-ring (bicyclic) bond motifs is 1. The summed E-state index contributed by atoms with van der Waals surface area (Å²) in [6, 6.07) is 5.30. The zero-order chi connectivity index (χ0) is 15.6. The summed E-state index contributed by atoms with van der Waals surface area (Å²) in [7, 11) is 3.75. The summed E-state index contributed by atoms with van der Waals surface area (Å²) in [6.45, 7) is 1.27. The fraction of sp³-hybridized carbons (Fsp3) is 0.250. The van der Waals surface area contributed by atoms with Gasteiger partial charge in [-0.15, -0.1) is 12.3 Å². The maximum atomic E-state index is 12.0. The van der Waals surface area contributed by atoms with Gasteiger partial charge in [0.05, 0.1) is 10.9 Å². The van der Waals surface area contributed by atoms with Crippen LogP contribution in [0.5, 0.6) is 5.75 Å². The molecule has 0 aliphatic rings. The van der Waals surface area contributed by atoms with Crippen molar-refractivity contribution < 1.29 is 13.9 Å². The molecule has 0 fully saturated rings. The lowest BCUT2D eigenvalue weighted by molar-refractivity contribution is -0.131. The molecule has 0 N–H and O–H groups in total. The summed E-state index contributed by atoms with van der Waals surface area (Å²) in [6.07, 6.45) is 5.30. The van der Waals surface area contributed by atoms with Gasteiger partial charge in [-0.2, -0.15) is 0 Å². The highest BCUT2D eigenvalue weighted by atomic mass is 16.5. The van der Waals surface area contributed by atoms with Gasteiger partial charge >= 0.3 is 11.6 Å². The third kappa shape index (κ3) is 2.90. The first kappa shape index (κ1) is 14.7. The number of hydrogen-bond donors (Lipinski definition) is 0. The van der Waals surface area contributed by atoms with Gasteiger partial charge in [0.1, 0.15) is 5.58 Å². The molecular weight excluding hydrogens is 270 g/mol.